The SMILES string of the molecule is C[B]Cc1ccc(C(=O)Nc2ccc(-c3ccc(NC(=O)c4ccc(CC)cc4)c(C)c3)cc2C)cc1. The number of anilines is 2. The van der Waals surface area contributed by atoms with E-state index in [1.807, 2.05) is 93.5 Å². The lowest BCUT2D eigenvalue weighted by Crippen LogP contribution is -2.13. The van der Waals surface area contributed by atoms with Gasteiger partial charge in [-0.2, -0.15) is 0 Å². The summed E-state index contributed by atoms with van der Waals surface area (Å²) in [7, 11) is 2.09. The monoisotopic (exact) mass is 487 g/mol. The van der Waals surface area contributed by atoms with Gasteiger partial charge in [0.2, 0.25) is 0 Å². The van der Waals surface area contributed by atoms with Crippen molar-refractivity contribution < 1.29 is 9.59 Å². The Labute approximate surface area is 220 Å². The third kappa shape index (κ3) is 6.37. The average molecular weight is 487 g/mol. The average Bonchev–Trinajstić information content (AvgIpc) is 2.91. The van der Waals surface area contributed by atoms with E-state index in [9.17, 15) is 9.59 Å². The minimum Gasteiger partial charge on any atom is -0.322 e. The molecule has 4 rings (SSSR count). The second kappa shape index (κ2) is 11.7. The van der Waals surface area contributed by atoms with E-state index in [4.69, 9.17) is 0 Å². The molecule has 0 spiro atoms. The Morgan fingerprint density at radius 1 is 0.649 bits per heavy atom. The molecule has 0 aromatic heterocycles. The van der Waals surface area contributed by atoms with Crippen LogP contribution in [-0.2, 0) is 12.7 Å². The molecule has 2 amide bonds. The van der Waals surface area contributed by atoms with Gasteiger partial charge >= 0.3 is 0 Å². The maximum absolute atomic E-state index is 12.7. The van der Waals surface area contributed by atoms with Gasteiger partial charge in [0.25, 0.3) is 11.8 Å². The lowest BCUT2D eigenvalue weighted by Gasteiger charge is -2.13. The smallest absolute Gasteiger partial charge is 0.255 e. The zero-order chi connectivity index (χ0) is 26.4. The highest BCUT2D eigenvalue weighted by Crippen LogP contribution is 2.28. The predicted molar refractivity (Wildman–Crippen MR) is 155 cm³/mol. The molecule has 0 aliphatic carbocycles. The fourth-order valence-electron chi connectivity index (χ4n) is 4.28. The van der Waals surface area contributed by atoms with Crippen molar-refractivity contribution in [2.45, 2.75) is 40.3 Å². The van der Waals surface area contributed by atoms with Gasteiger partial charge in [0, 0.05) is 22.5 Å². The summed E-state index contributed by atoms with van der Waals surface area (Å²) in [6, 6.07) is 27.4. The lowest BCUT2D eigenvalue weighted by molar-refractivity contribution is 0.101. The van der Waals surface area contributed by atoms with E-state index in [2.05, 4.69) is 37.0 Å². The number of amides is 2. The molecule has 37 heavy (non-hydrogen) atoms. The van der Waals surface area contributed by atoms with E-state index in [1.165, 1.54) is 11.1 Å². The van der Waals surface area contributed by atoms with Crippen LogP contribution in [0.5, 0.6) is 0 Å². The number of carbonyl (C=O) groups is 2. The van der Waals surface area contributed by atoms with E-state index in [0.29, 0.717) is 11.1 Å². The Morgan fingerprint density at radius 3 is 1.46 bits per heavy atom. The van der Waals surface area contributed by atoms with Crippen molar-refractivity contribution in [2.24, 2.45) is 0 Å². The Balaban J connectivity index is 1.45. The summed E-state index contributed by atoms with van der Waals surface area (Å²) in [4.78, 5) is 25.4. The number of carbonyl (C=O) groups excluding carboxylic acids is 2. The summed E-state index contributed by atoms with van der Waals surface area (Å²) in [6.45, 7) is 8.10. The first-order valence-corrected chi connectivity index (χ1v) is 12.7. The van der Waals surface area contributed by atoms with Crippen LogP contribution < -0.4 is 10.6 Å². The minimum atomic E-state index is -0.122. The third-order valence-electron chi connectivity index (χ3n) is 6.56. The van der Waals surface area contributed by atoms with Gasteiger partial charge in [0.05, 0.1) is 0 Å². The number of benzene rings is 4. The predicted octanol–water partition coefficient (Wildman–Crippen LogP) is 7.29. The second-order valence-corrected chi connectivity index (χ2v) is 9.33. The molecule has 5 heteroatoms. The Morgan fingerprint density at radius 2 is 1.08 bits per heavy atom. The van der Waals surface area contributed by atoms with E-state index in [-0.39, 0.29) is 11.8 Å². The van der Waals surface area contributed by atoms with Crippen molar-refractivity contribution in [3.05, 3.63) is 118 Å². The van der Waals surface area contributed by atoms with Crippen molar-refractivity contribution >= 4 is 30.5 Å². The highest BCUT2D eigenvalue weighted by Gasteiger charge is 2.11. The fraction of sp³-hybridized carbons (Fsp3) is 0.188. The van der Waals surface area contributed by atoms with E-state index in [1.54, 1.807) is 0 Å². The van der Waals surface area contributed by atoms with Gasteiger partial charge in [-0.25, -0.2) is 0 Å². The number of rotatable bonds is 8. The van der Waals surface area contributed by atoms with E-state index >= 15 is 0 Å². The quantitative estimate of drug-likeness (QED) is 0.257. The van der Waals surface area contributed by atoms with Crippen molar-refractivity contribution in [3.63, 3.8) is 0 Å². The molecule has 0 atom stereocenters. The molecular formula is C32H32BN2O2. The van der Waals surface area contributed by atoms with Gasteiger partial charge in [-0.15, -0.1) is 0 Å². The third-order valence-corrected chi connectivity index (χ3v) is 6.56. The molecule has 0 saturated carbocycles. The fourth-order valence-corrected chi connectivity index (χ4v) is 4.28. The van der Waals surface area contributed by atoms with Gasteiger partial charge in [-0.3, -0.25) is 9.59 Å². The summed E-state index contributed by atoms with van der Waals surface area (Å²) in [5.74, 6) is -0.240. The van der Waals surface area contributed by atoms with Crippen LogP contribution in [0.25, 0.3) is 11.1 Å². The molecule has 0 aliphatic rings. The molecule has 185 valence electrons. The molecule has 4 aromatic carbocycles. The zero-order valence-corrected chi connectivity index (χ0v) is 21.9. The van der Waals surface area contributed by atoms with Gasteiger partial charge in [-0.05, 0) is 96.6 Å². The minimum absolute atomic E-state index is 0.118. The highest BCUT2D eigenvalue weighted by atomic mass is 16.2. The van der Waals surface area contributed by atoms with E-state index in [0.717, 1.165) is 46.4 Å². The molecule has 0 bridgehead atoms. The summed E-state index contributed by atoms with van der Waals surface area (Å²) in [6.07, 6.45) is 1.84. The maximum atomic E-state index is 12.7. The largest absolute Gasteiger partial charge is 0.322 e. The Kier molecular flexibility index (Phi) is 8.24. The molecule has 0 heterocycles. The normalized spacial score (nSPS) is 10.6. The Bertz CT molecular complexity index is 1410. The number of nitrogens with one attached hydrogen (secondary N) is 2. The first-order valence-electron chi connectivity index (χ1n) is 12.7. The number of hydrogen-bond acceptors (Lipinski definition) is 2. The summed E-state index contributed by atoms with van der Waals surface area (Å²) < 4.78 is 0. The van der Waals surface area contributed by atoms with Gasteiger partial charge in [0.1, 0.15) is 7.28 Å². The molecule has 1 radical (unpaired) electrons. The van der Waals surface area contributed by atoms with Crippen LogP contribution in [0.1, 0.15) is 49.9 Å². The van der Waals surface area contributed by atoms with Crippen LogP contribution in [-0.4, -0.2) is 19.1 Å². The number of aryl methyl sites for hydroxylation is 3. The maximum Gasteiger partial charge on any atom is 0.255 e. The summed E-state index contributed by atoms with van der Waals surface area (Å²) in [5, 5.41) is 6.05. The van der Waals surface area contributed by atoms with Crippen LogP contribution in [0.2, 0.25) is 6.82 Å². The first-order chi connectivity index (χ1) is 17.9. The van der Waals surface area contributed by atoms with Gasteiger partial charge in [0.15, 0.2) is 0 Å². The van der Waals surface area contributed by atoms with Crippen molar-refractivity contribution in [2.75, 3.05) is 10.6 Å². The van der Waals surface area contributed by atoms with Gasteiger partial charge < -0.3 is 10.6 Å². The van der Waals surface area contributed by atoms with Crippen LogP contribution in [0.3, 0.4) is 0 Å². The van der Waals surface area contributed by atoms with Crippen molar-refractivity contribution in [1.82, 2.24) is 0 Å². The first kappa shape index (κ1) is 26.0. The van der Waals surface area contributed by atoms with Gasteiger partial charge in [-0.1, -0.05) is 62.0 Å². The Hall–Kier alpha value is -4.12. The second-order valence-electron chi connectivity index (χ2n) is 9.33. The molecule has 4 nitrogen and oxygen atoms in total. The molecule has 0 aliphatic heterocycles. The molecule has 0 fully saturated rings. The van der Waals surface area contributed by atoms with Crippen LogP contribution in [0, 0.1) is 13.8 Å². The van der Waals surface area contributed by atoms with Crippen LogP contribution in [0.4, 0.5) is 11.4 Å². The van der Waals surface area contributed by atoms with Crippen molar-refractivity contribution in [1.29, 1.82) is 0 Å². The molecule has 0 unspecified atom stereocenters. The molecule has 0 saturated heterocycles. The lowest BCUT2D eigenvalue weighted by atomic mass is 9.75. The van der Waals surface area contributed by atoms with Crippen LogP contribution in [0.15, 0.2) is 84.9 Å². The number of hydrogen-bond donors (Lipinski definition) is 2. The zero-order valence-electron chi connectivity index (χ0n) is 21.9. The molecule has 4 aromatic rings. The topological polar surface area (TPSA) is 58.2 Å². The standard InChI is InChI=1S/C32H32BN2O2/c1-5-23-6-10-25(11-7-23)31(36)34-29-16-14-27(18-21(29)2)28-15-17-30(22(3)19-28)35-32(37)26-12-8-24(9-13-26)20-33-4/h6-19H,5,20H2,1-4H3,(H,34,36)(H,35,37). The molecular weight excluding hydrogens is 455 g/mol. The summed E-state index contributed by atoms with van der Waals surface area (Å²) >= 11 is 0. The summed E-state index contributed by atoms with van der Waals surface area (Å²) in [5.41, 5.74) is 9.31. The van der Waals surface area contributed by atoms with Crippen molar-refractivity contribution in [3.8, 4) is 11.1 Å². The van der Waals surface area contributed by atoms with E-state index < -0.39 is 0 Å². The van der Waals surface area contributed by atoms with Crippen LogP contribution >= 0.6 is 0 Å². The molecule has 2 N–H and O–H groups in total. The highest BCUT2D eigenvalue weighted by molar-refractivity contribution is 6.32.